The van der Waals surface area contributed by atoms with E-state index in [-0.39, 0.29) is 0 Å². The van der Waals surface area contributed by atoms with Crippen molar-refractivity contribution < 1.29 is 0 Å². The van der Waals surface area contributed by atoms with E-state index in [1.165, 1.54) is 31.4 Å². The van der Waals surface area contributed by atoms with Crippen LogP contribution in [-0.4, -0.2) is 22.9 Å². The van der Waals surface area contributed by atoms with Crippen molar-refractivity contribution >= 4 is 15.9 Å². The molecule has 1 aliphatic carbocycles. The topological polar surface area (TPSA) is 29.9 Å². The molecule has 0 fully saturated rings. The first kappa shape index (κ1) is 14.8. The number of allylic oxidation sites excluding steroid dienone is 1. The lowest BCUT2D eigenvalue weighted by molar-refractivity contribution is 0.514. The van der Waals surface area contributed by atoms with E-state index >= 15 is 0 Å². The van der Waals surface area contributed by atoms with Crippen LogP contribution in [0.1, 0.15) is 43.5 Å². The fourth-order valence-corrected chi connectivity index (χ4v) is 3.32. The van der Waals surface area contributed by atoms with Crippen LogP contribution >= 0.6 is 15.9 Å². The van der Waals surface area contributed by atoms with Gasteiger partial charge in [0.05, 0.1) is 15.9 Å². The number of halogens is 1. The summed E-state index contributed by atoms with van der Waals surface area (Å²) in [5.74, 6) is 0. The van der Waals surface area contributed by atoms with E-state index in [0.29, 0.717) is 6.04 Å². The molecule has 1 atom stereocenters. The second-order valence-corrected chi connectivity index (χ2v) is 6.26. The maximum absolute atomic E-state index is 4.47. The maximum atomic E-state index is 4.47. The zero-order valence-corrected chi connectivity index (χ0v) is 13.8. The summed E-state index contributed by atoms with van der Waals surface area (Å²) in [7, 11) is 4.09. The molecule has 1 unspecified atom stereocenters. The Bertz CT molecular complexity index is 462. The zero-order valence-electron chi connectivity index (χ0n) is 12.2. The molecule has 19 heavy (non-hydrogen) atoms. The van der Waals surface area contributed by atoms with E-state index in [4.69, 9.17) is 0 Å². The van der Waals surface area contributed by atoms with E-state index in [1.807, 2.05) is 18.7 Å². The number of aryl methyl sites for hydroxylation is 2. The van der Waals surface area contributed by atoms with Gasteiger partial charge in [-0.05, 0) is 62.0 Å². The largest absolute Gasteiger partial charge is 0.316 e. The molecule has 106 valence electrons. The molecule has 0 saturated heterocycles. The number of hydrogen-bond donors (Lipinski definition) is 1. The van der Waals surface area contributed by atoms with E-state index in [2.05, 4.69) is 39.5 Å². The van der Waals surface area contributed by atoms with Crippen LogP contribution in [0.5, 0.6) is 0 Å². The first-order chi connectivity index (χ1) is 9.11. The first-order valence-corrected chi connectivity index (χ1v) is 7.94. The van der Waals surface area contributed by atoms with Gasteiger partial charge in [-0.3, -0.25) is 4.68 Å². The van der Waals surface area contributed by atoms with E-state index < -0.39 is 0 Å². The number of nitrogens with one attached hydrogen (secondary N) is 1. The Kier molecular flexibility index (Phi) is 5.22. The molecule has 0 aromatic carbocycles. The van der Waals surface area contributed by atoms with Crippen LogP contribution in [0.15, 0.2) is 16.1 Å². The summed E-state index contributed by atoms with van der Waals surface area (Å²) < 4.78 is 3.16. The van der Waals surface area contributed by atoms with Crippen molar-refractivity contribution in [2.45, 2.75) is 51.5 Å². The Hall–Kier alpha value is -0.610. The van der Waals surface area contributed by atoms with E-state index in [9.17, 15) is 0 Å². The van der Waals surface area contributed by atoms with Crippen molar-refractivity contribution in [2.24, 2.45) is 7.05 Å². The lowest BCUT2D eigenvalue weighted by Gasteiger charge is -2.20. The summed E-state index contributed by atoms with van der Waals surface area (Å²) in [6.45, 7) is 2.05. The summed E-state index contributed by atoms with van der Waals surface area (Å²) in [6, 6.07) is 0.496. The predicted molar refractivity (Wildman–Crippen MR) is 83.4 cm³/mol. The van der Waals surface area contributed by atoms with Gasteiger partial charge >= 0.3 is 0 Å². The van der Waals surface area contributed by atoms with Gasteiger partial charge in [0, 0.05) is 19.5 Å². The fourth-order valence-electron chi connectivity index (χ4n) is 2.82. The monoisotopic (exact) mass is 325 g/mol. The molecular formula is C15H24BrN3. The average molecular weight is 326 g/mol. The smallest absolute Gasteiger partial charge is 0.0738 e. The van der Waals surface area contributed by atoms with Crippen LogP contribution in [0.25, 0.3) is 0 Å². The van der Waals surface area contributed by atoms with E-state index in [0.717, 1.165) is 23.0 Å². The maximum Gasteiger partial charge on any atom is 0.0738 e. The third-order valence-corrected chi connectivity index (χ3v) is 5.03. The van der Waals surface area contributed by atoms with Crippen LogP contribution in [0.4, 0.5) is 0 Å². The van der Waals surface area contributed by atoms with Gasteiger partial charge in [-0.1, -0.05) is 11.6 Å². The van der Waals surface area contributed by atoms with Gasteiger partial charge in [-0.15, -0.1) is 0 Å². The van der Waals surface area contributed by atoms with Crippen LogP contribution in [0, 0.1) is 6.92 Å². The SMILES string of the molecule is CNC(CC1=CCCCC1)Cc1c(Br)c(C)nn1C. The van der Waals surface area contributed by atoms with Crippen molar-refractivity contribution in [1.82, 2.24) is 15.1 Å². The summed E-state index contributed by atoms with van der Waals surface area (Å²) in [5, 5.41) is 7.93. The highest BCUT2D eigenvalue weighted by Gasteiger charge is 2.17. The zero-order chi connectivity index (χ0) is 13.8. The standard InChI is InChI=1S/C15H24BrN3/c1-11-15(16)14(19(3)18-11)10-13(17-2)9-12-7-5-4-6-8-12/h7,13,17H,4-6,8-10H2,1-3H3. The van der Waals surface area contributed by atoms with E-state index in [1.54, 1.807) is 5.57 Å². The minimum atomic E-state index is 0.496. The second-order valence-electron chi connectivity index (χ2n) is 5.47. The molecule has 0 saturated carbocycles. The van der Waals surface area contributed by atoms with Crippen LogP contribution in [0.2, 0.25) is 0 Å². The molecule has 3 nitrogen and oxygen atoms in total. The van der Waals surface area contributed by atoms with Crippen LogP contribution in [0.3, 0.4) is 0 Å². The number of rotatable bonds is 5. The summed E-state index contributed by atoms with van der Waals surface area (Å²) >= 11 is 3.66. The minimum absolute atomic E-state index is 0.496. The summed E-state index contributed by atoms with van der Waals surface area (Å²) in [4.78, 5) is 0. The number of hydrogen-bond acceptors (Lipinski definition) is 2. The molecule has 0 spiro atoms. The molecule has 0 radical (unpaired) electrons. The van der Waals surface area contributed by atoms with Gasteiger partial charge < -0.3 is 5.32 Å². The Morgan fingerprint density at radius 3 is 2.74 bits per heavy atom. The van der Waals surface area contributed by atoms with Crippen molar-refractivity contribution in [2.75, 3.05) is 7.05 Å². The summed E-state index contributed by atoms with van der Waals surface area (Å²) in [5.41, 5.74) is 3.98. The third kappa shape index (κ3) is 3.69. The Labute approximate surface area is 124 Å². The fraction of sp³-hybridized carbons (Fsp3) is 0.667. The second kappa shape index (κ2) is 6.71. The highest BCUT2D eigenvalue weighted by Crippen LogP contribution is 2.25. The molecule has 1 heterocycles. The minimum Gasteiger partial charge on any atom is -0.316 e. The lowest BCUT2D eigenvalue weighted by Crippen LogP contribution is -2.29. The van der Waals surface area contributed by atoms with Gasteiger partial charge in [0.15, 0.2) is 0 Å². The van der Waals surface area contributed by atoms with Crippen LogP contribution in [-0.2, 0) is 13.5 Å². The molecule has 1 aromatic rings. The number of nitrogens with zero attached hydrogens (tertiary/aromatic N) is 2. The molecular weight excluding hydrogens is 302 g/mol. The molecule has 2 rings (SSSR count). The lowest BCUT2D eigenvalue weighted by atomic mass is 9.93. The number of likely N-dealkylation sites (N-methyl/N-ethyl adjacent to an activating group) is 1. The van der Waals surface area contributed by atoms with Crippen molar-refractivity contribution in [3.63, 3.8) is 0 Å². The van der Waals surface area contributed by atoms with Crippen LogP contribution < -0.4 is 5.32 Å². The Morgan fingerprint density at radius 2 is 2.21 bits per heavy atom. The predicted octanol–water partition coefficient (Wildman–Crippen LogP) is 3.51. The quantitative estimate of drug-likeness (QED) is 0.839. The van der Waals surface area contributed by atoms with Gasteiger partial charge in [-0.2, -0.15) is 5.10 Å². The Balaban J connectivity index is 2.04. The highest BCUT2D eigenvalue weighted by molar-refractivity contribution is 9.10. The average Bonchev–Trinajstić information content (AvgIpc) is 2.65. The normalized spacial score (nSPS) is 17.4. The molecule has 1 aromatic heterocycles. The summed E-state index contributed by atoms with van der Waals surface area (Å²) in [6.07, 6.45) is 9.89. The first-order valence-electron chi connectivity index (χ1n) is 7.15. The van der Waals surface area contributed by atoms with Crippen molar-refractivity contribution in [3.05, 3.63) is 27.5 Å². The van der Waals surface area contributed by atoms with Crippen molar-refractivity contribution in [1.29, 1.82) is 0 Å². The molecule has 0 bridgehead atoms. The number of aromatic nitrogens is 2. The molecule has 4 heteroatoms. The highest BCUT2D eigenvalue weighted by atomic mass is 79.9. The van der Waals surface area contributed by atoms with Crippen molar-refractivity contribution in [3.8, 4) is 0 Å². The Morgan fingerprint density at radius 1 is 1.42 bits per heavy atom. The van der Waals surface area contributed by atoms with Gasteiger partial charge in [0.2, 0.25) is 0 Å². The third-order valence-electron chi connectivity index (χ3n) is 4.00. The molecule has 0 amide bonds. The molecule has 0 aliphatic heterocycles. The van der Waals surface area contributed by atoms with Gasteiger partial charge in [-0.25, -0.2) is 0 Å². The molecule has 1 N–H and O–H groups in total. The van der Waals surface area contributed by atoms with Gasteiger partial charge in [0.1, 0.15) is 0 Å². The molecule has 1 aliphatic rings. The van der Waals surface area contributed by atoms with Gasteiger partial charge in [0.25, 0.3) is 0 Å².